The standard InChI is InChI=1S/C26H40F3N5O6/c1-12(40-24(2,3)4)17(33-23(39)26(27,28)29)22(38)34-11-14-16(25(14,5)6)18(34)21(37)32-15(19(30)35)10-13-8-7-9-31-20(13)36/h12-18H,7-11H2,1-6H3,(H2,30,35)(H,31,36)(H,32,37)(H,33,39)/t12-,13+,14+,15+,16+,17+,18+/m1/s1. The van der Waals surface area contributed by atoms with Crippen molar-refractivity contribution in [3.05, 3.63) is 0 Å². The first-order valence-electron chi connectivity index (χ1n) is 13.5. The lowest BCUT2D eigenvalue weighted by Gasteiger charge is -2.37. The number of ether oxygens (including phenoxy) is 1. The lowest BCUT2D eigenvalue weighted by Crippen LogP contribution is -2.61. The summed E-state index contributed by atoms with van der Waals surface area (Å²) in [6.07, 6.45) is -5.21. The Morgan fingerprint density at radius 2 is 1.80 bits per heavy atom. The summed E-state index contributed by atoms with van der Waals surface area (Å²) >= 11 is 0. The van der Waals surface area contributed by atoms with Crippen LogP contribution in [0.5, 0.6) is 0 Å². The summed E-state index contributed by atoms with van der Waals surface area (Å²) in [6.45, 7) is 10.7. The number of nitrogens with two attached hydrogens (primary N) is 1. The Morgan fingerprint density at radius 3 is 2.33 bits per heavy atom. The highest BCUT2D eigenvalue weighted by Crippen LogP contribution is 2.65. The third kappa shape index (κ3) is 6.87. The molecule has 11 nitrogen and oxygen atoms in total. The molecule has 2 heterocycles. The number of hydrogen-bond donors (Lipinski definition) is 4. The molecule has 226 valence electrons. The molecule has 0 bridgehead atoms. The van der Waals surface area contributed by atoms with Gasteiger partial charge in [0.1, 0.15) is 18.1 Å². The van der Waals surface area contributed by atoms with Crippen molar-refractivity contribution < 1.29 is 41.9 Å². The van der Waals surface area contributed by atoms with E-state index in [1.807, 2.05) is 13.8 Å². The molecular weight excluding hydrogens is 535 g/mol. The molecule has 1 saturated carbocycles. The molecular formula is C26H40F3N5O6. The molecule has 0 spiro atoms. The van der Waals surface area contributed by atoms with Crippen LogP contribution in [0.4, 0.5) is 13.2 Å². The molecule has 0 aromatic carbocycles. The molecule has 3 aliphatic rings. The van der Waals surface area contributed by atoms with Crippen molar-refractivity contribution in [1.82, 2.24) is 20.9 Å². The van der Waals surface area contributed by atoms with Gasteiger partial charge in [0.05, 0.1) is 11.7 Å². The van der Waals surface area contributed by atoms with E-state index in [1.165, 1.54) is 6.92 Å². The topological polar surface area (TPSA) is 160 Å². The summed E-state index contributed by atoms with van der Waals surface area (Å²) in [7, 11) is 0. The van der Waals surface area contributed by atoms with Crippen molar-refractivity contribution in [2.75, 3.05) is 13.1 Å². The highest BCUT2D eigenvalue weighted by molar-refractivity contribution is 5.96. The number of rotatable bonds is 9. The highest BCUT2D eigenvalue weighted by atomic mass is 19.4. The molecule has 5 amide bonds. The second kappa shape index (κ2) is 11.2. The summed E-state index contributed by atoms with van der Waals surface area (Å²) in [6, 6.07) is -4.05. The van der Waals surface area contributed by atoms with Crippen LogP contribution in [0.25, 0.3) is 0 Å². The molecule has 7 atom stereocenters. The molecule has 0 aromatic rings. The average Bonchev–Trinajstić information content (AvgIpc) is 3.14. The molecule has 0 aromatic heterocycles. The minimum atomic E-state index is -5.24. The van der Waals surface area contributed by atoms with Gasteiger partial charge >= 0.3 is 12.1 Å². The number of halogens is 3. The van der Waals surface area contributed by atoms with E-state index in [9.17, 15) is 37.1 Å². The van der Waals surface area contributed by atoms with E-state index in [2.05, 4.69) is 10.6 Å². The van der Waals surface area contributed by atoms with Crippen LogP contribution >= 0.6 is 0 Å². The zero-order chi connectivity index (χ0) is 30.4. The number of carbonyl (C=O) groups excluding carboxylic acids is 5. The van der Waals surface area contributed by atoms with Crippen molar-refractivity contribution >= 4 is 29.5 Å². The zero-order valence-corrected chi connectivity index (χ0v) is 23.7. The van der Waals surface area contributed by atoms with E-state index in [0.717, 1.165) is 4.90 Å². The van der Waals surface area contributed by atoms with E-state index in [-0.39, 0.29) is 36.1 Å². The van der Waals surface area contributed by atoms with Gasteiger partial charge in [0.25, 0.3) is 0 Å². The lowest BCUT2D eigenvalue weighted by atomic mass is 9.91. The number of amides is 5. The molecule has 0 unspecified atom stereocenters. The molecule has 2 saturated heterocycles. The van der Waals surface area contributed by atoms with Crippen molar-refractivity contribution in [2.24, 2.45) is 28.9 Å². The van der Waals surface area contributed by atoms with Gasteiger partial charge in [-0.1, -0.05) is 13.8 Å². The Kier molecular flexibility index (Phi) is 8.83. The van der Waals surface area contributed by atoms with Gasteiger partial charge in [0.15, 0.2) is 0 Å². The van der Waals surface area contributed by atoms with Crippen LogP contribution in [0.3, 0.4) is 0 Å². The fourth-order valence-corrected chi connectivity index (χ4v) is 6.07. The first-order valence-corrected chi connectivity index (χ1v) is 13.5. The van der Waals surface area contributed by atoms with Crippen LogP contribution in [0.1, 0.15) is 60.8 Å². The number of carbonyl (C=O) groups is 5. The number of primary amides is 1. The van der Waals surface area contributed by atoms with Crippen LogP contribution in [-0.4, -0.2) is 83.5 Å². The van der Waals surface area contributed by atoms with Crippen LogP contribution in [0.2, 0.25) is 0 Å². The quantitative estimate of drug-likeness (QED) is 0.315. The number of hydrogen-bond acceptors (Lipinski definition) is 6. The number of nitrogens with one attached hydrogen (secondary N) is 3. The van der Waals surface area contributed by atoms with Gasteiger partial charge in [-0.15, -0.1) is 0 Å². The van der Waals surface area contributed by atoms with E-state index >= 15 is 0 Å². The van der Waals surface area contributed by atoms with Crippen LogP contribution in [-0.2, 0) is 28.7 Å². The Hall–Kier alpha value is -2.90. The fourth-order valence-electron chi connectivity index (χ4n) is 6.07. The van der Waals surface area contributed by atoms with Crippen molar-refractivity contribution in [3.63, 3.8) is 0 Å². The van der Waals surface area contributed by atoms with E-state index in [4.69, 9.17) is 10.5 Å². The second-order valence-electron chi connectivity index (χ2n) is 12.6. The van der Waals surface area contributed by atoms with Crippen LogP contribution in [0.15, 0.2) is 0 Å². The molecule has 3 rings (SSSR count). The smallest absolute Gasteiger partial charge is 0.370 e. The minimum absolute atomic E-state index is 0.0220. The lowest BCUT2D eigenvalue weighted by molar-refractivity contribution is -0.177. The SMILES string of the molecule is C[C@@H](OC(C)(C)C)[C@H](NC(=O)C(F)(F)F)C(=O)N1C[C@H]2[C@@H]([C@H]1C(=O)N[C@@H](C[C@@H]1CCCNC1=O)C(N)=O)C2(C)C. The second-order valence-corrected chi connectivity index (χ2v) is 12.6. The maximum atomic E-state index is 13.7. The van der Waals surface area contributed by atoms with Gasteiger partial charge < -0.3 is 31.3 Å². The van der Waals surface area contributed by atoms with E-state index in [0.29, 0.717) is 19.4 Å². The van der Waals surface area contributed by atoms with Gasteiger partial charge in [0, 0.05) is 19.0 Å². The van der Waals surface area contributed by atoms with E-state index < -0.39 is 65.6 Å². The van der Waals surface area contributed by atoms with Gasteiger partial charge in [-0.3, -0.25) is 24.0 Å². The van der Waals surface area contributed by atoms with Gasteiger partial charge in [-0.05, 0) is 64.2 Å². The van der Waals surface area contributed by atoms with E-state index in [1.54, 1.807) is 26.1 Å². The third-order valence-electron chi connectivity index (χ3n) is 8.16. The Labute approximate surface area is 231 Å². The fraction of sp³-hybridized carbons (Fsp3) is 0.808. The molecule has 3 fully saturated rings. The Bertz CT molecular complexity index is 1040. The Morgan fingerprint density at radius 1 is 1.18 bits per heavy atom. The summed E-state index contributed by atoms with van der Waals surface area (Å²) in [5.41, 5.74) is 4.35. The summed E-state index contributed by atoms with van der Waals surface area (Å²) in [5.74, 6) is -5.99. The normalized spacial score (nSPS) is 28.0. The van der Waals surface area contributed by atoms with Crippen molar-refractivity contribution in [1.29, 1.82) is 0 Å². The molecule has 40 heavy (non-hydrogen) atoms. The molecule has 2 aliphatic heterocycles. The van der Waals surface area contributed by atoms with Crippen molar-refractivity contribution in [3.8, 4) is 0 Å². The predicted molar refractivity (Wildman–Crippen MR) is 136 cm³/mol. The first-order chi connectivity index (χ1) is 18.3. The highest BCUT2D eigenvalue weighted by Gasteiger charge is 2.70. The minimum Gasteiger partial charge on any atom is -0.370 e. The predicted octanol–water partition coefficient (Wildman–Crippen LogP) is 0.607. The van der Waals surface area contributed by atoms with Gasteiger partial charge in [-0.2, -0.15) is 13.2 Å². The summed E-state index contributed by atoms with van der Waals surface area (Å²) in [5, 5.41) is 7.06. The molecule has 0 radical (unpaired) electrons. The number of likely N-dealkylation sites (tertiary alicyclic amines) is 1. The van der Waals surface area contributed by atoms with Crippen LogP contribution in [0, 0.1) is 23.2 Å². The van der Waals surface area contributed by atoms with Crippen LogP contribution < -0.4 is 21.7 Å². The zero-order valence-electron chi connectivity index (χ0n) is 23.7. The maximum absolute atomic E-state index is 13.7. The Balaban J connectivity index is 1.86. The summed E-state index contributed by atoms with van der Waals surface area (Å²) in [4.78, 5) is 64.8. The first kappa shape index (κ1) is 31.6. The molecule has 5 N–H and O–H groups in total. The number of alkyl halides is 3. The summed E-state index contributed by atoms with van der Waals surface area (Å²) < 4.78 is 45.2. The molecule has 1 aliphatic carbocycles. The van der Waals surface area contributed by atoms with Gasteiger partial charge in [0.2, 0.25) is 23.6 Å². The number of nitrogens with zero attached hydrogens (tertiary/aromatic N) is 1. The third-order valence-corrected chi connectivity index (χ3v) is 8.16. The number of fused-ring (bicyclic) bond motifs is 1. The van der Waals surface area contributed by atoms with Gasteiger partial charge in [-0.25, -0.2) is 0 Å². The average molecular weight is 576 g/mol. The molecule has 14 heteroatoms. The maximum Gasteiger partial charge on any atom is 0.471 e. The van der Waals surface area contributed by atoms with Crippen molar-refractivity contribution in [2.45, 2.75) is 96.8 Å². The number of piperidine rings is 2. The largest absolute Gasteiger partial charge is 0.471 e. The monoisotopic (exact) mass is 575 g/mol.